The second kappa shape index (κ2) is 3.68. The summed E-state index contributed by atoms with van der Waals surface area (Å²) in [5.41, 5.74) is 2.00. The smallest absolute Gasteiger partial charge is 0.123 e. The van der Waals surface area contributed by atoms with E-state index in [1.165, 1.54) is 0 Å². The Morgan fingerprint density at radius 2 is 1.92 bits per heavy atom. The molecule has 0 aliphatic heterocycles. The summed E-state index contributed by atoms with van der Waals surface area (Å²) in [6, 6.07) is 5.12. The molecule has 1 nitrogen and oxygen atoms in total. The number of rotatable bonds is 2. The molecule has 0 aromatic heterocycles. The van der Waals surface area contributed by atoms with E-state index in [0.29, 0.717) is 0 Å². The second-order valence-electron chi connectivity index (χ2n) is 3.37. The van der Waals surface area contributed by atoms with Gasteiger partial charge in [-0.25, -0.2) is 4.39 Å². The Bertz CT molecular complexity index is 248. The van der Waals surface area contributed by atoms with Gasteiger partial charge in [0.15, 0.2) is 0 Å². The highest BCUT2D eigenvalue weighted by Gasteiger charge is 1.98. The zero-order valence-corrected chi connectivity index (χ0v) is 7.76. The van der Waals surface area contributed by atoms with E-state index in [4.69, 9.17) is 0 Å². The molecule has 0 bridgehead atoms. The number of aryl methyl sites for hydroxylation is 1. The standard InChI is InChI=1S/C10H14FN/c1-8-4-9(7-12(2)3)6-10(11)5-8/h4-6H,7H2,1-3H3. The van der Waals surface area contributed by atoms with E-state index in [1.54, 1.807) is 12.1 Å². The fourth-order valence-electron chi connectivity index (χ4n) is 1.27. The molecule has 0 fully saturated rings. The number of hydrogen-bond donors (Lipinski definition) is 0. The van der Waals surface area contributed by atoms with E-state index in [-0.39, 0.29) is 5.82 Å². The van der Waals surface area contributed by atoms with Crippen LogP contribution in [0.3, 0.4) is 0 Å². The predicted molar refractivity (Wildman–Crippen MR) is 48.5 cm³/mol. The van der Waals surface area contributed by atoms with Crippen LogP contribution < -0.4 is 0 Å². The van der Waals surface area contributed by atoms with E-state index in [9.17, 15) is 4.39 Å². The molecule has 0 spiro atoms. The monoisotopic (exact) mass is 167 g/mol. The van der Waals surface area contributed by atoms with Gasteiger partial charge >= 0.3 is 0 Å². The maximum absolute atomic E-state index is 12.9. The van der Waals surface area contributed by atoms with Crippen molar-refractivity contribution in [1.29, 1.82) is 0 Å². The minimum Gasteiger partial charge on any atom is -0.305 e. The van der Waals surface area contributed by atoms with Gasteiger partial charge in [-0.15, -0.1) is 0 Å². The largest absolute Gasteiger partial charge is 0.305 e. The average molecular weight is 167 g/mol. The van der Waals surface area contributed by atoms with Crippen LogP contribution in [0.5, 0.6) is 0 Å². The van der Waals surface area contributed by atoms with Gasteiger partial charge in [0.05, 0.1) is 0 Å². The van der Waals surface area contributed by atoms with Crippen LogP contribution in [0.25, 0.3) is 0 Å². The number of halogens is 1. The molecule has 12 heavy (non-hydrogen) atoms. The number of benzene rings is 1. The summed E-state index contributed by atoms with van der Waals surface area (Å²) < 4.78 is 12.9. The third kappa shape index (κ3) is 2.62. The van der Waals surface area contributed by atoms with Crippen molar-refractivity contribution in [2.45, 2.75) is 13.5 Å². The van der Waals surface area contributed by atoms with Gasteiger partial charge in [-0.05, 0) is 44.3 Å². The van der Waals surface area contributed by atoms with Crippen LogP contribution in [0.4, 0.5) is 4.39 Å². The van der Waals surface area contributed by atoms with Crippen molar-refractivity contribution in [3.63, 3.8) is 0 Å². The summed E-state index contributed by atoms with van der Waals surface area (Å²) in [6.45, 7) is 2.70. The highest BCUT2D eigenvalue weighted by Crippen LogP contribution is 2.09. The highest BCUT2D eigenvalue weighted by molar-refractivity contribution is 5.23. The van der Waals surface area contributed by atoms with Crippen molar-refractivity contribution in [1.82, 2.24) is 4.90 Å². The predicted octanol–water partition coefficient (Wildman–Crippen LogP) is 2.20. The van der Waals surface area contributed by atoms with E-state index < -0.39 is 0 Å². The first-order chi connectivity index (χ1) is 5.58. The molecule has 0 amide bonds. The first kappa shape index (κ1) is 9.20. The van der Waals surface area contributed by atoms with Crippen LogP contribution >= 0.6 is 0 Å². The summed E-state index contributed by atoms with van der Waals surface area (Å²) in [4.78, 5) is 2.02. The zero-order chi connectivity index (χ0) is 9.14. The van der Waals surface area contributed by atoms with Gasteiger partial charge in [-0.1, -0.05) is 6.07 Å². The van der Waals surface area contributed by atoms with Crippen molar-refractivity contribution in [3.05, 3.63) is 35.1 Å². The molecule has 0 aliphatic carbocycles. The maximum Gasteiger partial charge on any atom is 0.123 e. The Labute approximate surface area is 72.8 Å². The lowest BCUT2D eigenvalue weighted by Gasteiger charge is -2.09. The Kier molecular flexibility index (Phi) is 2.82. The molecule has 0 N–H and O–H groups in total. The molecule has 0 radical (unpaired) electrons. The Morgan fingerprint density at radius 1 is 1.25 bits per heavy atom. The van der Waals surface area contributed by atoms with Crippen molar-refractivity contribution in [2.75, 3.05) is 14.1 Å². The summed E-state index contributed by atoms with van der Waals surface area (Å²) in [6.07, 6.45) is 0. The molecule has 1 aromatic rings. The van der Waals surface area contributed by atoms with Gasteiger partial charge in [0.1, 0.15) is 5.82 Å². The summed E-state index contributed by atoms with van der Waals surface area (Å²) >= 11 is 0. The van der Waals surface area contributed by atoms with Crippen LogP contribution in [-0.2, 0) is 6.54 Å². The van der Waals surface area contributed by atoms with E-state index in [2.05, 4.69) is 0 Å². The maximum atomic E-state index is 12.9. The van der Waals surface area contributed by atoms with Gasteiger partial charge in [0.2, 0.25) is 0 Å². The molecule has 1 aromatic carbocycles. The van der Waals surface area contributed by atoms with Gasteiger partial charge in [-0.3, -0.25) is 0 Å². The van der Waals surface area contributed by atoms with E-state index in [0.717, 1.165) is 17.7 Å². The van der Waals surface area contributed by atoms with Crippen LogP contribution in [0.15, 0.2) is 18.2 Å². The lowest BCUT2D eigenvalue weighted by atomic mass is 10.1. The Balaban J connectivity index is 2.85. The average Bonchev–Trinajstić information content (AvgIpc) is 1.81. The van der Waals surface area contributed by atoms with Crippen LogP contribution in [-0.4, -0.2) is 19.0 Å². The zero-order valence-electron chi connectivity index (χ0n) is 7.76. The molecule has 0 heterocycles. The van der Waals surface area contributed by atoms with Gasteiger partial charge in [-0.2, -0.15) is 0 Å². The van der Waals surface area contributed by atoms with Gasteiger partial charge < -0.3 is 4.90 Å². The van der Waals surface area contributed by atoms with Crippen molar-refractivity contribution < 1.29 is 4.39 Å². The highest BCUT2D eigenvalue weighted by atomic mass is 19.1. The SMILES string of the molecule is Cc1cc(F)cc(CN(C)C)c1. The summed E-state index contributed by atoms with van der Waals surface area (Å²) in [7, 11) is 3.94. The Morgan fingerprint density at radius 3 is 2.42 bits per heavy atom. The molecule has 0 saturated heterocycles. The summed E-state index contributed by atoms with van der Waals surface area (Å²) in [5, 5.41) is 0. The lowest BCUT2D eigenvalue weighted by Crippen LogP contribution is -2.10. The van der Waals surface area contributed by atoms with E-state index in [1.807, 2.05) is 32.0 Å². The minimum absolute atomic E-state index is 0.146. The molecular formula is C10H14FN. The topological polar surface area (TPSA) is 3.24 Å². The van der Waals surface area contributed by atoms with Crippen molar-refractivity contribution in [3.8, 4) is 0 Å². The molecule has 66 valence electrons. The summed E-state index contributed by atoms with van der Waals surface area (Å²) in [5.74, 6) is -0.146. The lowest BCUT2D eigenvalue weighted by molar-refractivity contribution is 0.401. The van der Waals surface area contributed by atoms with Crippen LogP contribution in [0.2, 0.25) is 0 Å². The first-order valence-corrected chi connectivity index (χ1v) is 3.99. The normalized spacial score (nSPS) is 10.8. The molecule has 0 atom stereocenters. The molecule has 0 saturated carbocycles. The quantitative estimate of drug-likeness (QED) is 0.652. The molecule has 2 heteroatoms. The first-order valence-electron chi connectivity index (χ1n) is 3.99. The minimum atomic E-state index is -0.146. The molecular weight excluding hydrogens is 153 g/mol. The van der Waals surface area contributed by atoms with Crippen LogP contribution in [0, 0.1) is 12.7 Å². The third-order valence-corrected chi connectivity index (χ3v) is 1.60. The van der Waals surface area contributed by atoms with Crippen LogP contribution in [0.1, 0.15) is 11.1 Å². The van der Waals surface area contributed by atoms with Gasteiger partial charge in [0, 0.05) is 6.54 Å². The molecule has 0 unspecified atom stereocenters. The van der Waals surface area contributed by atoms with Gasteiger partial charge in [0.25, 0.3) is 0 Å². The Hall–Kier alpha value is -0.890. The number of nitrogens with zero attached hydrogens (tertiary/aromatic N) is 1. The van der Waals surface area contributed by atoms with E-state index >= 15 is 0 Å². The number of hydrogen-bond acceptors (Lipinski definition) is 1. The van der Waals surface area contributed by atoms with Crippen molar-refractivity contribution >= 4 is 0 Å². The fraction of sp³-hybridized carbons (Fsp3) is 0.400. The molecule has 1 rings (SSSR count). The third-order valence-electron chi connectivity index (χ3n) is 1.60. The second-order valence-corrected chi connectivity index (χ2v) is 3.37. The van der Waals surface area contributed by atoms with Crippen molar-refractivity contribution in [2.24, 2.45) is 0 Å². The fourth-order valence-corrected chi connectivity index (χ4v) is 1.27. The molecule has 0 aliphatic rings.